The normalized spacial score (nSPS) is 12.3. The Labute approximate surface area is 301 Å². The van der Waals surface area contributed by atoms with Gasteiger partial charge in [-0.1, -0.05) is 121 Å². The van der Waals surface area contributed by atoms with Crippen molar-refractivity contribution in [1.29, 1.82) is 0 Å². The van der Waals surface area contributed by atoms with E-state index in [1.54, 1.807) is 0 Å². The molecule has 0 bridgehead atoms. The van der Waals surface area contributed by atoms with Crippen molar-refractivity contribution in [2.75, 3.05) is 0 Å². The van der Waals surface area contributed by atoms with Gasteiger partial charge in [0, 0.05) is 32.8 Å². The highest BCUT2D eigenvalue weighted by atomic mass is 16.5. The number of nitrogens with zero attached hydrogens (tertiary/aromatic N) is 2. The number of ether oxygens (including phenoxy) is 1. The van der Waals surface area contributed by atoms with Gasteiger partial charge in [-0.2, -0.15) is 0 Å². The van der Waals surface area contributed by atoms with E-state index in [1.807, 2.05) is 0 Å². The smallest absolute Gasteiger partial charge is 0.129 e. The van der Waals surface area contributed by atoms with Crippen molar-refractivity contribution in [3.8, 4) is 50.5 Å². The average molecular weight is 665 g/mol. The molecule has 11 rings (SSSR count). The molecule has 0 amide bonds. The molecule has 0 N–H and O–H groups in total. The minimum atomic E-state index is 0.590. The van der Waals surface area contributed by atoms with Crippen LogP contribution >= 0.6 is 0 Å². The third kappa shape index (κ3) is 4.33. The first-order chi connectivity index (χ1) is 25.8. The van der Waals surface area contributed by atoms with Crippen molar-refractivity contribution in [1.82, 2.24) is 9.13 Å². The topological polar surface area (TPSA) is 19.1 Å². The minimum absolute atomic E-state index is 0.590. The number of rotatable bonds is 4. The summed E-state index contributed by atoms with van der Waals surface area (Å²) in [5.41, 5.74) is 15.5. The number of benzene rings is 8. The Morgan fingerprint density at radius 2 is 0.942 bits per heavy atom. The van der Waals surface area contributed by atoms with Crippen LogP contribution in [-0.2, 0) is 6.61 Å². The van der Waals surface area contributed by atoms with E-state index in [4.69, 9.17) is 4.74 Å². The standard InChI is InChI=1S/C49H32N2O/c1-2-11-32(12-3-1)33-21-25-37(26-22-33)50-43-17-8-6-15-39(43)41-29-34(23-27-45(41)50)35-24-28-46-42(30-35)40-16-7-9-18-44(40)51(46)47-19-10-20-48-49(47)38-14-5-4-13-36(38)31-52-48/h1-30H,31H2. The van der Waals surface area contributed by atoms with Gasteiger partial charge < -0.3 is 13.9 Å². The van der Waals surface area contributed by atoms with Crippen LogP contribution in [0.15, 0.2) is 182 Å². The fourth-order valence-corrected chi connectivity index (χ4v) is 8.42. The molecule has 1 aliphatic heterocycles. The molecule has 0 atom stereocenters. The second-order valence-electron chi connectivity index (χ2n) is 13.7. The number of hydrogen-bond donors (Lipinski definition) is 0. The summed E-state index contributed by atoms with van der Waals surface area (Å²) < 4.78 is 11.1. The molecule has 3 heteroatoms. The molecule has 0 radical (unpaired) electrons. The molecule has 0 saturated heterocycles. The van der Waals surface area contributed by atoms with Crippen LogP contribution < -0.4 is 4.74 Å². The summed E-state index contributed by atoms with van der Waals surface area (Å²) in [6.07, 6.45) is 0. The van der Waals surface area contributed by atoms with E-state index in [-0.39, 0.29) is 0 Å². The van der Waals surface area contributed by atoms with Crippen LogP contribution in [0.3, 0.4) is 0 Å². The van der Waals surface area contributed by atoms with E-state index in [0.717, 1.165) is 22.7 Å². The van der Waals surface area contributed by atoms with Gasteiger partial charge in [-0.05, 0) is 94.0 Å². The molecular weight excluding hydrogens is 633 g/mol. The van der Waals surface area contributed by atoms with Gasteiger partial charge in [0.15, 0.2) is 0 Å². The van der Waals surface area contributed by atoms with Crippen molar-refractivity contribution in [3.63, 3.8) is 0 Å². The van der Waals surface area contributed by atoms with Crippen LogP contribution in [0, 0.1) is 0 Å². The summed E-state index contributed by atoms with van der Waals surface area (Å²) >= 11 is 0. The number of hydrogen-bond acceptors (Lipinski definition) is 1. The summed E-state index contributed by atoms with van der Waals surface area (Å²) in [5.74, 6) is 0.929. The van der Waals surface area contributed by atoms with Crippen LogP contribution in [0.1, 0.15) is 5.56 Å². The van der Waals surface area contributed by atoms with Gasteiger partial charge >= 0.3 is 0 Å². The van der Waals surface area contributed by atoms with Gasteiger partial charge in [0.2, 0.25) is 0 Å². The third-order valence-corrected chi connectivity index (χ3v) is 10.8. The highest BCUT2D eigenvalue weighted by Crippen LogP contribution is 2.45. The predicted molar refractivity (Wildman–Crippen MR) is 216 cm³/mol. The largest absolute Gasteiger partial charge is 0.488 e. The van der Waals surface area contributed by atoms with E-state index in [0.29, 0.717) is 6.61 Å². The summed E-state index contributed by atoms with van der Waals surface area (Å²) in [7, 11) is 0. The zero-order valence-electron chi connectivity index (χ0n) is 28.3. The van der Waals surface area contributed by atoms with Gasteiger partial charge in [0.25, 0.3) is 0 Å². The quantitative estimate of drug-likeness (QED) is 0.183. The van der Waals surface area contributed by atoms with Crippen LogP contribution in [0.2, 0.25) is 0 Å². The SMILES string of the molecule is c1ccc(-c2ccc(-n3c4ccccc4c4cc(-c5ccc6c(c5)c5ccccc5n6-c5cccc6c5-c5ccccc5CO6)ccc43)cc2)cc1. The molecule has 10 aromatic rings. The lowest BCUT2D eigenvalue weighted by Gasteiger charge is -2.24. The van der Waals surface area contributed by atoms with Crippen molar-refractivity contribution in [2.24, 2.45) is 0 Å². The monoisotopic (exact) mass is 664 g/mol. The van der Waals surface area contributed by atoms with E-state index in [9.17, 15) is 0 Å². The lowest BCUT2D eigenvalue weighted by Crippen LogP contribution is -2.08. The van der Waals surface area contributed by atoms with Crippen molar-refractivity contribution >= 4 is 43.6 Å². The molecular formula is C49H32N2O. The second kappa shape index (κ2) is 11.3. The molecule has 2 aromatic heterocycles. The van der Waals surface area contributed by atoms with E-state index in [1.165, 1.54) is 77.0 Å². The Hall–Kier alpha value is -6.84. The zero-order chi connectivity index (χ0) is 34.2. The predicted octanol–water partition coefficient (Wildman–Crippen LogP) is 12.8. The molecule has 0 fully saturated rings. The van der Waals surface area contributed by atoms with Crippen molar-refractivity contribution in [3.05, 3.63) is 188 Å². The Bertz CT molecular complexity index is 3000. The molecule has 3 nitrogen and oxygen atoms in total. The lowest BCUT2D eigenvalue weighted by atomic mass is 9.95. The maximum Gasteiger partial charge on any atom is 0.129 e. The third-order valence-electron chi connectivity index (χ3n) is 10.8. The number of fused-ring (bicyclic) bond motifs is 9. The minimum Gasteiger partial charge on any atom is -0.488 e. The molecule has 244 valence electrons. The summed E-state index contributed by atoms with van der Waals surface area (Å²) in [4.78, 5) is 0. The fraction of sp³-hybridized carbons (Fsp3) is 0.0204. The molecule has 8 aromatic carbocycles. The molecule has 1 aliphatic rings. The lowest BCUT2D eigenvalue weighted by molar-refractivity contribution is 0.302. The Kier molecular flexibility index (Phi) is 6.31. The summed E-state index contributed by atoms with van der Waals surface area (Å²) in [6, 6.07) is 65.9. The van der Waals surface area contributed by atoms with Crippen molar-refractivity contribution in [2.45, 2.75) is 6.61 Å². The molecule has 52 heavy (non-hydrogen) atoms. The number of para-hydroxylation sites is 2. The van der Waals surface area contributed by atoms with E-state index >= 15 is 0 Å². The van der Waals surface area contributed by atoms with Crippen LogP contribution in [-0.4, -0.2) is 9.13 Å². The first-order valence-corrected chi connectivity index (χ1v) is 17.9. The van der Waals surface area contributed by atoms with E-state index < -0.39 is 0 Å². The van der Waals surface area contributed by atoms with Gasteiger partial charge in [0.05, 0.1) is 27.8 Å². The van der Waals surface area contributed by atoms with Crippen LogP contribution in [0.5, 0.6) is 5.75 Å². The molecule has 0 unspecified atom stereocenters. The van der Waals surface area contributed by atoms with Gasteiger partial charge in [-0.15, -0.1) is 0 Å². The Morgan fingerprint density at radius 1 is 0.385 bits per heavy atom. The maximum absolute atomic E-state index is 6.29. The van der Waals surface area contributed by atoms with Crippen LogP contribution in [0.25, 0.3) is 88.4 Å². The summed E-state index contributed by atoms with van der Waals surface area (Å²) in [5, 5.41) is 4.97. The van der Waals surface area contributed by atoms with Crippen LogP contribution in [0.4, 0.5) is 0 Å². The van der Waals surface area contributed by atoms with Crippen molar-refractivity contribution < 1.29 is 4.74 Å². The van der Waals surface area contributed by atoms with Gasteiger partial charge in [-0.3, -0.25) is 0 Å². The molecule has 0 saturated carbocycles. The first kappa shape index (κ1) is 28.9. The molecule has 0 spiro atoms. The zero-order valence-corrected chi connectivity index (χ0v) is 28.3. The highest BCUT2D eigenvalue weighted by molar-refractivity contribution is 6.13. The molecule has 3 heterocycles. The van der Waals surface area contributed by atoms with E-state index in [2.05, 4.69) is 191 Å². The average Bonchev–Trinajstić information content (AvgIpc) is 3.73. The van der Waals surface area contributed by atoms with Gasteiger partial charge in [0.1, 0.15) is 12.4 Å². The Morgan fingerprint density at radius 3 is 1.67 bits per heavy atom. The second-order valence-corrected chi connectivity index (χ2v) is 13.7. The first-order valence-electron chi connectivity index (χ1n) is 17.9. The fourth-order valence-electron chi connectivity index (χ4n) is 8.42. The van der Waals surface area contributed by atoms with Gasteiger partial charge in [-0.25, -0.2) is 0 Å². The summed E-state index contributed by atoms with van der Waals surface area (Å²) in [6.45, 7) is 0.590. The highest BCUT2D eigenvalue weighted by Gasteiger charge is 2.23. The number of aromatic nitrogens is 2. The maximum atomic E-state index is 6.29. The Balaban J connectivity index is 1.07. The molecule has 0 aliphatic carbocycles.